The molecule has 0 aliphatic rings. The van der Waals surface area contributed by atoms with E-state index in [1.165, 1.54) is 0 Å². The highest BCUT2D eigenvalue weighted by Gasteiger charge is 2.45. The number of hydrogen-bond acceptors (Lipinski definition) is 7. The van der Waals surface area contributed by atoms with E-state index in [1.54, 1.807) is 20.3 Å². The van der Waals surface area contributed by atoms with Gasteiger partial charge < -0.3 is 5.11 Å². The fraction of sp³-hybridized carbons (Fsp3) is 0.200. The molecular formula is C5H10N4O7P2. The van der Waals surface area contributed by atoms with Crippen LogP contribution in [-0.4, -0.2) is 36.3 Å². The lowest BCUT2D eigenvalue weighted by molar-refractivity contribution is -0.109. The van der Waals surface area contributed by atoms with Crippen LogP contribution in [0.25, 0.3) is 0 Å². The number of amides is 4. The predicted molar refractivity (Wildman–Crippen MR) is 58.0 cm³/mol. The molecule has 0 fully saturated rings. The van der Waals surface area contributed by atoms with Crippen molar-refractivity contribution in [1.29, 1.82) is 0 Å². The Bertz CT molecular complexity index is 360. The van der Waals surface area contributed by atoms with Gasteiger partial charge in [0, 0.05) is 0 Å². The van der Waals surface area contributed by atoms with Crippen LogP contribution in [-0.2, 0) is 28.3 Å². The number of carbonyl (C=O) groups is 4. The number of aliphatic hydroxyl groups is 1. The Balaban J connectivity index is 5.43. The van der Waals surface area contributed by atoms with E-state index >= 15 is 0 Å². The van der Waals surface area contributed by atoms with E-state index in [-0.39, 0.29) is 25.6 Å². The van der Waals surface area contributed by atoms with E-state index < -0.39 is 20.5 Å². The maximum atomic E-state index is 11.9. The molecule has 0 saturated heterocycles. The third-order valence-electron chi connectivity index (χ3n) is 1.63. The van der Waals surface area contributed by atoms with Gasteiger partial charge in [0.1, 0.15) is 0 Å². The minimum atomic E-state index is -4.38. The quantitative estimate of drug-likeness (QED) is 0.221. The van der Waals surface area contributed by atoms with Crippen molar-refractivity contribution in [1.82, 2.24) is 20.3 Å². The first-order valence-electron chi connectivity index (χ1n) is 4.13. The van der Waals surface area contributed by atoms with Gasteiger partial charge in [-0.25, -0.2) is 0 Å². The lowest BCUT2D eigenvalue weighted by Gasteiger charge is -2.27. The standard InChI is InChI=1S/C5H10N4O7P2/c10-1-6-17(15,7-2-11)5(14)18(16,8-3-12)9-4-13/h1-5,14H,(H2,6,7,10,11,15)(H2,8,9,12,13,16). The maximum Gasteiger partial charge on any atom is 0.300 e. The van der Waals surface area contributed by atoms with Crippen LogP contribution in [0.5, 0.6) is 0 Å². The predicted octanol–water partition coefficient (Wildman–Crippen LogP) is -2.37. The summed E-state index contributed by atoms with van der Waals surface area (Å²) in [4.78, 5) is 40.9. The third kappa shape index (κ3) is 3.66. The Morgan fingerprint density at radius 3 is 1.11 bits per heavy atom. The van der Waals surface area contributed by atoms with Crippen molar-refractivity contribution in [3.8, 4) is 0 Å². The van der Waals surface area contributed by atoms with Gasteiger partial charge in [0.25, 0.3) is 0 Å². The van der Waals surface area contributed by atoms with Crippen LogP contribution in [0.4, 0.5) is 0 Å². The molecule has 0 radical (unpaired) electrons. The zero-order chi connectivity index (χ0) is 14.2. The van der Waals surface area contributed by atoms with Crippen LogP contribution in [0.15, 0.2) is 0 Å². The first-order valence-corrected chi connectivity index (χ1v) is 7.68. The molecule has 4 amide bonds. The van der Waals surface area contributed by atoms with E-state index in [9.17, 15) is 33.4 Å². The Morgan fingerprint density at radius 2 is 0.944 bits per heavy atom. The molecule has 18 heavy (non-hydrogen) atoms. The van der Waals surface area contributed by atoms with E-state index in [4.69, 9.17) is 0 Å². The SMILES string of the molecule is O=CNP(=O)(NC=O)C(O)P(=O)(NC=O)NC=O. The van der Waals surface area contributed by atoms with Crippen molar-refractivity contribution < 1.29 is 33.4 Å². The van der Waals surface area contributed by atoms with Gasteiger partial charge in [0.15, 0.2) is 0 Å². The Labute approximate surface area is 101 Å². The van der Waals surface area contributed by atoms with Gasteiger partial charge in [0.2, 0.25) is 31.2 Å². The second kappa shape index (κ2) is 6.90. The van der Waals surface area contributed by atoms with Crippen molar-refractivity contribution in [2.45, 2.75) is 5.59 Å². The molecule has 0 saturated carbocycles. The van der Waals surface area contributed by atoms with Crippen LogP contribution in [0.3, 0.4) is 0 Å². The van der Waals surface area contributed by atoms with Gasteiger partial charge in [-0.15, -0.1) is 0 Å². The van der Waals surface area contributed by atoms with Gasteiger partial charge in [-0.3, -0.25) is 48.7 Å². The molecule has 0 aliphatic carbocycles. The normalized spacial score (nSPS) is 11.2. The van der Waals surface area contributed by atoms with Crippen LogP contribution < -0.4 is 20.3 Å². The summed E-state index contributed by atoms with van der Waals surface area (Å²) in [6.45, 7) is 0. The number of nitrogens with one attached hydrogen (secondary N) is 4. The zero-order valence-electron chi connectivity index (χ0n) is 8.68. The van der Waals surface area contributed by atoms with Crippen LogP contribution in [0.1, 0.15) is 0 Å². The largest absolute Gasteiger partial charge is 0.372 e. The lowest BCUT2D eigenvalue weighted by atomic mass is 11.5. The second-order valence-corrected chi connectivity index (χ2v) is 7.70. The molecule has 0 aliphatic heterocycles. The van der Waals surface area contributed by atoms with Gasteiger partial charge in [-0.05, 0) is 0 Å². The average molecular weight is 300 g/mol. The number of carbonyl (C=O) groups excluding carboxylic acids is 4. The summed E-state index contributed by atoms with van der Waals surface area (Å²) in [6.07, 6.45) is -0.474. The first-order chi connectivity index (χ1) is 8.40. The van der Waals surface area contributed by atoms with E-state index in [0.29, 0.717) is 0 Å². The van der Waals surface area contributed by atoms with Crippen molar-refractivity contribution in [3.05, 3.63) is 0 Å². The molecule has 0 aromatic carbocycles. The topological polar surface area (TPSA) is 171 Å². The van der Waals surface area contributed by atoms with Crippen LogP contribution in [0.2, 0.25) is 0 Å². The molecule has 0 atom stereocenters. The number of aliphatic hydroxyl groups excluding tert-OH is 1. The molecule has 0 rings (SSSR count). The second-order valence-electron chi connectivity index (χ2n) is 2.65. The van der Waals surface area contributed by atoms with Crippen LogP contribution >= 0.6 is 14.9 Å². The van der Waals surface area contributed by atoms with Crippen molar-refractivity contribution in [2.24, 2.45) is 0 Å². The first kappa shape index (κ1) is 16.3. The molecule has 5 N–H and O–H groups in total. The van der Waals surface area contributed by atoms with Crippen molar-refractivity contribution in [3.63, 3.8) is 0 Å². The summed E-state index contributed by atoms with van der Waals surface area (Å²) in [6, 6.07) is 0. The van der Waals surface area contributed by atoms with Crippen molar-refractivity contribution >= 4 is 40.5 Å². The summed E-state index contributed by atoms with van der Waals surface area (Å²) in [5, 5.41) is 15.9. The average Bonchev–Trinajstić information content (AvgIpc) is 2.29. The fourth-order valence-electron chi connectivity index (χ4n) is 0.883. The Hall–Kier alpha value is -1.70. The van der Waals surface area contributed by atoms with Gasteiger partial charge in [-0.1, -0.05) is 0 Å². The smallest absolute Gasteiger partial charge is 0.300 e. The number of rotatable bonds is 10. The lowest BCUT2D eigenvalue weighted by Crippen LogP contribution is -2.36. The van der Waals surface area contributed by atoms with E-state index in [1.807, 2.05) is 0 Å². The van der Waals surface area contributed by atoms with E-state index in [0.717, 1.165) is 0 Å². The highest BCUT2D eigenvalue weighted by molar-refractivity contribution is 7.78. The Morgan fingerprint density at radius 1 is 0.722 bits per heavy atom. The molecule has 13 heteroatoms. The molecule has 11 nitrogen and oxygen atoms in total. The highest BCUT2D eigenvalue weighted by Crippen LogP contribution is 2.57. The fourth-order valence-corrected chi connectivity index (χ4v) is 4.82. The molecule has 0 heterocycles. The molecule has 0 unspecified atom stereocenters. The monoisotopic (exact) mass is 300 g/mol. The minimum absolute atomic E-state index is 0.118. The summed E-state index contributed by atoms with van der Waals surface area (Å²) in [7, 11) is -8.76. The summed E-state index contributed by atoms with van der Waals surface area (Å²) >= 11 is 0. The molecule has 0 spiro atoms. The summed E-state index contributed by atoms with van der Waals surface area (Å²) in [5.41, 5.74) is -2.42. The molecule has 0 bridgehead atoms. The zero-order valence-corrected chi connectivity index (χ0v) is 10.5. The number of hydrogen-bond donors (Lipinski definition) is 5. The molecule has 0 aromatic heterocycles. The molecular weight excluding hydrogens is 290 g/mol. The minimum Gasteiger partial charge on any atom is -0.372 e. The van der Waals surface area contributed by atoms with Gasteiger partial charge in [-0.2, -0.15) is 0 Å². The summed E-state index contributed by atoms with van der Waals surface area (Å²) in [5.74, 6) is 0. The molecule has 102 valence electrons. The molecule has 0 aromatic rings. The summed E-state index contributed by atoms with van der Waals surface area (Å²) < 4.78 is 23.8. The Kier molecular flexibility index (Phi) is 6.24. The van der Waals surface area contributed by atoms with E-state index in [2.05, 4.69) is 0 Å². The van der Waals surface area contributed by atoms with Crippen LogP contribution in [0, 0.1) is 0 Å². The van der Waals surface area contributed by atoms with Gasteiger partial charge >= 0.3 is 14.9 Å². The van der Waals surface area contributed by atoms with Gasteiger partial charge in [0.05, 0.1) is 0 Å². The highest BCUT2D eigenvalue weighted by atomic mass is 31.2. The van der Waals surface area contributed by atoms with Crippen molar-refractivity contribution in [2.75, 3.05) is 0 Å². The maximum absolute atomic E-state index is 11.9. The third-order valence-corrected chi connectivity index (χ3v) is 6.84.